The molecule has 0 unspecified atom stereocenters. The lowest BCUT2D eigenvalue weighted by Crippen LogP contribution is -2.22. The summed E-state index contributed by atoms with van der Waals surface area (Å²) < 4.78 is 5.16. The Morgan fingerprint density at radius 2 is 2.21 bits per heavy atom. The van der Waals surface area contributed by atoms with Gasteiger partial charge in [0.1, 0.15) is 0 Å². The van der Waals surface area contributed by atoms with Crippen molar-refractivity contribution in [3.63, 3.8) is 0 Å². The van der Waals surface area contributed by atoms with Gasteiger partial charge in [-0.15, -0.1) is 22.7 Å². The molecule has 0 amide bonds. The zero-order chi connectivity index (χ0) is 13.3. The lowest BCUT2D eigenvalue weighted by atomic mass is 10.4. The van der Waals surface area contributed by atoms with Gasteiger partial charge in [-0.2, -0.15) is 0 Å². The number of thiazole rings is 1. The molecule has 2 aromatic heterocycles. The van der Waals surface area contributed by atoms with Gasteiger partial charge >= 0.3 is 0 Å². The Morgan fingerprint density at radius 3 is 3.00 bits per heavy atom. The van der Waals surface area contributed by atoms with Crippen LogP contribution >= 0.6 is 22.7 Å². The van der Waals surface area contributed by atoms with E-state index in [0.29, 0.717) is 13.2 Å². The molecule has 2 N–H and O–H groups in total. The summed E-state index contributed by atoms with van der Waals surface area (Å²) in [4.78, 5) is 5.85. The van der Waals surface area contributed by atoms with Crippen LogP contribution in [0.1, 0.15) is 5.01 Å². The zero-order valence-corrected chi connectivity index (χ0v) is 12.3. The highest BCUT2D eigenvalue weighted by molar-refractivity contribution is 7.14. The van der Waals surface area contributed by atoms with Crippen molar-refractivity contribution in [1.29, 1.82) is 0 Å². The van der Waals surface area contributed by atoms with Crippen molar-refractivity contribution in [2.45, 2.75) is 6.42 Å². The van der Waals surface area contributed by atoms with E-state index < -0.39 is 0 Å². The van der Waals surface area contributed by atoms with Crippen LogP contribution < -0.4 is 5.32 Å². The van der Waals surface area contributed by atoms with E-state index in [0.717, 1.165) is 30.2 Å². The average Bonchev–Trinajstić information content (AvgIpc) is 3.08. The van der Waals surface area contributed by atoms with Gasteiger partial charge in [-0.25, -0.2) is 4.98 Å². The van der Waals surface area contributed by atoms with Gasteiger partial charge in [-0.3, -0.25) is 0 Å². The third kappa shape index (κ3) is 5.00. The van der Waals surface area contributed by atoms with Crippen molar-refractivity contribution in [2.24, 2.45) is 0 Å². The number of aromatic nitrogens is 1. The van der Waals surface area contributed by atoms with Gasteiger partial charge in [0.15, 0.2) is 0 Å². The molecule has 0 spiro atoms. The van der Waals surface area contributed by atoms with E-state index in [4.69, 9.17) is 9.84 Å². The molecular weight excluding hydrogens is 280 g/mol. The maximum Gasteiger partial charge on any atom is 0.0945 e. The number of hydrogen-bond acceptors (Lipinski definition) is 6. The Kier molecular flexibility index (Phi) is 6.46. The molecule has 0 atom stereocenters. The van der Waals surface area contributed by atoms with Crippen molar-refractivity contribution in [2.75, 3.05) is 32.9 Å². The summed E-state index contributed by atoms with van der Waals surface area (Å²) in [6.45, 7) is 2.85. The molecule has 2 rings (SSSR count). The topological polar surface area (TPSA) is 54.4 Å². The van der Waals surface area contributed by atoms with E-state index in [1.165, 1.54) is 4.88 Å². The summed E-state index contributed by atoms with van der Waals surface area (Å²) >= 11 is 3.43. The van der Waals surface area contributed by atoms with E-state index in [1.807, 2.05) is 6.07 Å². The maximum atomic E-state index is 8.55. The van der Waals surface area contributed by atoms with E-state index >= 15 is 0 Å². The highest BCUT2D eigenvalue weighted by atomic mass is 32.1. The molecule has 6 heteroatoms. The third-order valence-corrected chi connectivity index (χ3v) is 4.30. The quantitative estimate of drug-likeness (QED) is 0.695. The van der Waals surface area contributed by atoms with Gasteiger partial charge in [0.25, 0.3) is 0 Å². The number of aliphatic hydroxyl groups excluding tert-OH is 1. The van der Waals surface area contributed by atoms with Gasteiger partial charge in [0.2, 0.25) is 0 Å². The maximum absolute atomic E-state index is 8.55. The first kappa shape index (κ1) is 14.6. The van der Waals surface area contributed by atoms with Crippen LogP contribution in [0.3, 0.4) is 0 Å². The van der Waals surface area contributed by atoms with Gasteiger partial charge in [0.05, 0.1) is 35.4 Å². The fraction of sp³-hybridized carbons (Fsp3) is 0.462. The molecule has 2 aromatic rings. The summed E-state index contributed by atoms with van der Waals surface area (Å²) in [6, 6.07) is 4.15. The second-order valence-corrected chi connectivity index (χ2v) is 5.83. The van der Waals surface area contributed by atoms with Crippen LogP contribution in [0.25, 0.3) is 10.6 Å². The predicted octanol–water partition coefficient (Wildman–Crippen LogP) is 2.01. The Morgan fingerprint density at radius 1 is 1.26 bits per heavy atom. The number of ether oxygens (including phenoxy) is 1. The number of rotatable bonds is 9. The minimum absolute atomic E-state index is 0.0879. The summed E-state index contributed by atoms with van der Waals surface area (Å²) in [7, 11) is 0. The molecule has 0 aliphatic rings. The van der Waals surface area contributed by atoms with E-state index in [-0.39, 0.29) is 6.61 Å². The monoisotopic (exact) mass is 298 g/mol. The number of thiophene rings is 1. The van der Waals surface area contributed by atoms with Crippen molar-refractivity contribution in [3.8, 4) is 10.6 Å². The van der Waals surface area contributed by atoms with Crippen molar-refractivity contribution in [3.05, 3.63) is 27.9 Å². The van der Waals surface area contributed by atoms with Crippen molar-refractivity contribution >= 4 is 22.7 Å². The Hall–Kier alpha value is -0.790. The fourth-order valence-corrected chi connectivity index (χ4v) is 3.15. The summed E-state index contributed by atoms with van der Waals surface area (Å²) in [6.07, 6.45) is 0.941. The van der Waals surface area contributed by atoms with Crippen LogP contribution in [0, 0.1) is 0 Å². The molecule has 0 fully saturated rings. The Labute approximate surface area is 121 Å². The average molecular weight is 298 g/mol. The van der Waals surface area contributed by atoms with Crippen LogP contribution in [0.2, 0.25) is 0 Å². The second-order valence-electron chi connectivity index (χ2n) is 3.94. The molecule has 104 valence electrons. The minimum atomic E-state index is 0.0879. The first-order chi connectivity index (χ1) is 9.40. The standard InChI is InChI=1S/C13H18N2O2S2/c16-6-8-17-7-5-14-4-3-13-15-11(10-19-13)12-2-1-9-18-12/h1-2,9-10,14,16H,3-8H2. The molecule has 4 nitrogen and oxygen atoms in total. The van der Waals surface area contributed by atoms with Crippen molar-refractivity contribution in [1.82, 2.24) is 10.3 Å². The van der Waals surface area contributed by atoms with Crippen LogP contribution in [-0.2, 0) is 11.2 Å². The molecule has 2 heterocycles. The van der Waals surface area contributed by atoms with Gasteiger partial charge in [-0.05, 0) is 11.4 Å². The number of nitrogens with zero attached hydrogens (tertiary/aromatic N) is 1. The van der Waals surface area contributed by atoms with E-state index in [9.17, 15) is 0 Å². The van der Waals surface area contributed by atoms with E-state index in [2.05, 4.69) is 27.1 Å². The highest BCUT2D eigenvalue weighted by Crippen LogP contribution is 2.25. The molecule has 0 saturated carbocycles. The van der Waals surface area contributed by atoms with Crippen LogP contribution in [0.5, 0.6) is 0 Å². The summed E-state index contributed by atoms with van der Waals surface area (Å²) in [5, 5.41) is 17.2. The predicted molar refractivity (Wildman–Crippen MR) is 79.9 cm³/mol. The van der Waals surface area contributed by atoms with Crippen LogP contribution in [0.15, 0.2) is 22.9 Å². The first-order valence-corrected chi connectivity index (χ1v) is 8.03. The molecule has 0 aromatic carbocycles. The molecule has 19 heavy (non-hydrogen) atoms. The first-order valence-electron chi connectivity index (χ1n) is 6.28. The second kappa shape index (κ2) is 8.39. The Bertz CT molecular complexity index is 457. The van der Waals surface area contributed by atoms with Crippen LogP contribution in [-0.4, -0.2) is 43.0 Å². The largest absolute Gasteiger partial charge is 0.394 e. The lowest BCUT2D eigenvalue weighted by molar-refractivity contribution is 0.0940. The highest BCUT2D eigenvalue weighted by Gasteiger charge is 2.04. The minimum Gasteiger partial charge on any atom is -0.394 e. The fourth-order valence-electron chi connectivity index (χ4n) is 1.59. The van der Waals surface area contributed by atoms with Gasteiger partial charge in [-0.1, -0.05) is 6.07 Å². The molecule has 0 bridgehead atoms. The number of hydrogen-bond donors (Lipinski definition) is 2. The summed E-state index contributed by atoms with van der Waals surface area (Å²) in [5.41, 5.74) is 1.08. The van der Waals surface area contributed by atoms with Crippen LogP contribution in [0.4, 0.5) is 0 Å². The van der Waals surface area contributed by atoms with Gasteiger partial charge < -0.3 is 15.2 Å². The van der Waals surface area contributed by atoms with E-state index in [1.54, 1.807) is 22.7 Å². The smallest absolute Gasteiger partial charge is 0.0945 e. The lowest BCUT2D eigenvalue weighted by Gasteiger charge is -2.03. The number of nitrogens with one attached hydrogen (secondary N) is 1. The van der Waals surface area contributed by atoms with Crippen molar-refractivity contribution < 1.29 is 9.84 Å². The summed E-state index contributed by atoms with van der Waals surface area (Å²) in [5.74, 6) is 0. The normalized spacial score (nSPS) is 11.0. The molecule has 0 radical (unpaired) electrons. The zero-order valence-electron chi connectivity index (χ0n) is 10.7. The Balaban J connectivity index is 1.64. The van der Waals surface area contributed by atoms with Gasteiger partial charge in [0, 0.05) is 24.9 Å². The molecular formula is C13H18N2O2S2. The molecule has 0 aliphatic carbocycles. The number of aliphatic hydroxyl groups is 1. The molecule has 0 saturated heterocycles. The SMILES string of the molecule is OCCOCCNCCc1nc(-c2cccs2)cs1. The molecule has 0 aliphatic heterocycles. The third-order valence-electron chi connectivity index (χ3n) is 2.50.